The number of rotatable bonds is 8. The molecule has 2 atom stereocenters. The van der Waals surface area contributed by atoms with E-state index in [-0.39, 0.29) is 0 Å². The molecule has 0 saturated heterocycles. The van der Waals surface area contributed by atoms with Crippen LogP contribution in [-0.2, 0) is 0 Å². The van der Waals surface area contributed by atoms with Crippen molar-refractivity contribution in [1.82, 2.24) is 4.90 Å². The zero-order chi connectivity index (χ0) is 25.9. The molecule has 3 nitrogen and oxygen atoms in total. The third-order valence-corrected chi connectivity index (χ3v) is 7.98. The minimum Gasteiger partial charge on any atom is -0.372 e. The minimum absolute atomic E-state index is 0.440. The summed E-state index contributed by atoms with van der Waals surface area (Å²) in [5.41, 5.74) is 8.63. The Labute approximate surface area is 222 Å². The Kier molecular flexibility index (Phi) is 7.43. The zero-order valence-corrected chi connectivity index (χ0v) is 22.9. The number of benzene rings is 3. The molecule has 190 valence electrons. The lowest BCUT2D eigenvalue weighted by atomic mass is 9.85. The molecular weight excluding hydrogens is 450 g/mol. The van der Waals surface area contributed by atoms with Crippen LogP contribution in [0.4, 0.5) is 11.4 Å². The first kappa shape index (κ1) is 25.2. The highest BCUT2D eigenvalue weighted by Gasteiger charge is 2.23. The molecule has 0 bridgehead atoms. The Hall–Kier alpha value is -3.43. The van der Waals surface area contributed by atoms with Crippen LogP contribution in [0.2, 0.25) is 0 Å². The molecule has 0 saturated carbocycles. The second-order valence-electron chi connectivity index (χ2n) is 10.0. The Morgan fingerprint density at radius 3 is 2.22 bits per heavy atom. The van der Waals surface area contributed by atoms with Gasteiger partial charge in [0.15, 0.2) is 0 Å². The quantitative estimate of drug-likeness (QED) is 0.281. The summed E-state index contributed by atoms with van der Waals surface area (Å²) in [6.45, 7) is 15.5. The second kappa shape index (κ2) is 10.9. The van der Waals surface area contributed by atoms with Gasteiger partial charge in [0.05, 0.1) is 11.0 Å². The van der Waals surface area contributed by atoms with E-state index in [9.17, 15) is 0 Å². The molecule has 0 aromatic heterocycles. The molecule has 1 heterocycles. The van der Waals surface area contributed by atoms with Crippen LogP contribution in [0.1, 0.15) is 40.2 Å². The van der Waals surface area contributed by atoms with E-state index in [1.54, 1.807) is 0 Å². The Morgan fingerprint density at radius 2 is 1.54 bits per heavy atom. The van der Waals surface area contributed by atoms with E-state index in [2.05, 4.69) is 129 Å². The van der Waals surface area contributed by atoms with Crippen molar-refractivity contribution in [3.8, 4) is 11.1 Å². The number of hydrogen-bond donors (Lipinski definition) is 0. The van der Waals surface area contributed by atoms with Crippen LogP contribution in [0.15, 0.2) is 95.5 Å². The van der Waals surface area contributed by atoms with E-state index in [1.165, 1.54) is 38.7 Å². The van der Waals surface area contributed by atoms with Gasteiger partial charge in [-0.25, -0.2) is 4.99 Å². The first-order chi connectivity index (χ1) is 18.1. The van der Waals surface area contributed by atoms with Crippen molar-refractivity contribution in [2.24, 2.45) is 10.9 Å². The molecule has 1 aliphatic carbocycles. The SMILES string of the molecule is CCN(CC)c1ccc(/C(C2=CC(C)C(N(CC)CC)C=C2)=c2/ccc3c(c2)-c2ccccc2N=3)cc1. The number of likely N-dealkylation sites (N-methyl/N-ethyl adjacent to an activating group) is 1. The van der Waals surface area contributed by atoms with Crippen LogP contribution in [-0.4, -0.2) is 37.1 Å². The first-order valence-corrected chi connectivity index (χ1v) is 13.9. The summed E-state index contributed by atoms with van der Waals surface area (Å²) >= 11 is 0. The number of para-hydroxylation sites is 1. The molecule has 0 spiro atoms. The molecule has 37 heavy (non-hydrogen) atoms. The lowest BCUT2D eigenvalue weighted by Gasteiger charge is -2.33. The summed E-state index contributed by atoms with van der Waals surface area (Å²) < 4.78 is 0. The fourth-order valence-corrected chi connectivity index (χ4v) is 5.94. The molecule has 0 fully saturated rings. The van der Waals surface area contributed by atoms with Crippen molar-refractivity contribution in [2.75, 3.05) is 31.1 Å². The summed E-state index contributed by atoms with van der Waals surface area (Å²) in [4.78, 5) is 9.80. The number of hydrogen-bond acceptors (Lipinski definition) is 3. The lowest BCUT2D eigenvalue weighted by Crippen LogP contribution is -2.38. The van der Waals surface area contributed by atoms with E-state index in [0.29, 0.717) is 12.0 Å². The fraction of sp³-hybridized carbons (Fsp3) is 0.324. The second-order valence-corrected chi connectivity index (χ2v) is 10.0. The van der Waals surface area contributed by atoms with Gasteiger partial charge in [-0.2, -0.15) is 0 Å². The number of anilines is 1. The predicted octanol–water partition coefficient (Wildman–Crippen LogP) is 6.51. The van der Waals surface area contributed by atoms with Crippen LogP contribution >= 0.6 is 0 Å². The largest absolute Gasteiger partial charge is 0.372 e. The normalized spacial score (nSPS) is 18.7. The maximum atomic E-state index is 4.86. The van der Waals surface area contributed by atoms with Crippen LogP contribution in [0.25, 0.3) is 16.7 Å². The van der Waals surface area contributed by atoms with E-state index >= 15 is 0 Å². The molecule has 3 heteroatoms. The van der Waals surface area contributed by atoms with E-state index < -0.39 is 0 Å². The Morgan fingerprint density at radius 1 is 0.811 bits per heavy atom. The highest BCUT2D eigenvalue weighted by molar-refractivity contribution is 5.85. The summed E-state index contributed by atoms with van der Waals surface area (Å²) in [5.74, 6) is 0.440. The van der Waals surface area contributed by atoms with Gasteiger partial charge in [-0.15, -0.1) is 0 Å². The minimum atomic E-state index is 0.440. The standard InChI is InChI=1S/C34H39N3/c1-6-36(7-2)28-18-14-25(15-19-28)34(26-17-21-33(24(5)22-26)37(8-3)9-4)27-16-20-32-30(23-27)29-12-10-11-13-31(29)35-32/h10-24,33H,6-9H2,1-5H3/b34-27+. The summed E-state index contributed by atoms with van der Waals surface area (Å²) in [6, 6.07) is 24.8. The van der Waals surface area contributed by atoms with Crippen molar-refractivity contribution < 1.29 is 0 Å². The maximum absolute atomic E-state index is 4.86. The lowest BCUT2D eigenvalue weighted by molar-refractivity contribution is 0.219. The number of fused-ring (bicyclic) bond motifs is 3. The molecule has 0 N–H and O–H groups in total. The van der Waals surface area contributed by atoms with Crippen molar-refractivity contribution in [3.63, 3.8) is 0 Å². The molecule has 0 amide bonds. The van der Waals surface area contributed by atoms with E-state index in [1.807, 2.05) is 0 Å². The highest BCUT2D eigenvalue weighted by atomic mass is 15.1. The van der Waals surface area contributed by atoms with Crippen molar-refractivity contribution in [2.45, 2.75) is 40.7 Å². The topological polar surface area (TPSA) is 18.8 Å². The van der Waals surface area contributed by atoms with Gasteiger partial charge < -0.3 is 4.90 Å². The van der Waals surface area contributed by atoms with Crippen LogP contribution in [0, 0.1) is 5.92 Å². The third-order valence-electron chi connectivity index (χ3n) is 7.98. The molecular formula is C34H39N3. The third kappa shape index (κ3) is 4.81. The molecule has 2 aliphatic rings. The molecule has 1 aliphatic heterocycles. The summed E-state index contributed by atoms with van der Waals surface area (Å²) in [5, 5.41) is 2.30. The molecule has 3 aromatic carbocycles. The van der Waals surface area contributed by atoms with Gasteiger partial charge in [0.2, 0.25) is 0 Å². The molecule has 3 aromatic rings. The number of nitrogens with zero attached hydrogens (tertiary/aromatic N) is 3. The maximum Gasteiger partial charge on any atom is 0.0716 e. The highest BCUT2D eigenvalue weighted by Crippen LogP contribution is 2.33. The average Bonchev–Trinajstić information content (AvgIpc) is 3.30. The van der Waals surface area contributed by atoms with Gasteiger partial charge in [-0.1, -0.05) is 75.4 Å². The predicted molar refractivity (Wildman–Crippen MR) is 158 cm³/mol. The van der Waals surface area contributed by atoms with Gasteiger partial charge in [0.25, 0.3) is 0 Å². The Balaban J connectivity index is 1.66. The van der Waals surface area contributed by atoms with Gasteiger partial charge in [-0.05, 0) is 85.1 Å². The van der Waals surface area contributed by atoms with E-state index in [0.717, 1.165) is 37.2 Å². The van der Waals surface area contributed by atoms with Gasteiger partial charge in [-0.3, -0.25) is 4.90 Å². The van der Waals surface area contributed by atoms with Crippen LogP contribution < -0.4 is 15.5 Å². The fourth-order valence-electron chi connectivity index (χ4n) is 5.94. The first-order valence-electron chi connectivity index (χ1n) is 13.9. The van der Waals surface area contributed by atoms with Crippen molar-refractivity contribution in [3.05, 3.63) is 107 Å². The molecule has 5 rings (SSSR count). The molecule has 0 radical (unpaired) electrons. The summed E-state index contributed by atoms with van der Waals surface area (Å²) in [6.07, 6.45) is 7.24. The smallest absolute Gasteiger partial charge is 0.0716 e. The van der Waals surface area contributed by atoms with E-state index in [4.69, 9.17) is 4.99 Å². The number of allylic oxidation sites excluding steroid dienone is 2. The monoisotopic (exact) mass is 489 g/mol. The van der Waals surface area contributed by atoms with Crippen molar-refractivity contribution in [1.29, 1.82) is 0 Å². The Bertz CT molecular complexity index is 1440. The van der Waals surface area contributed by atoms with Gasteiger partial charge in [0.1, 0.15) is 0 Å². The van der Waals surface area contributed by atoms with Gasteiger partial charge >= 0.3 is 0 Å². The summed E-state index contributed by atoms with van der Waals surface area (Å²) in [7, 11) is 0. The zero-order valence-electron chi connectivity index (χ0n) is 22.9. The average molecular weight is 490 g/mol. The van der Waals surface area contributed by atoms with Gasteiger partial charge in [0, 0.05) is 35.9 Å². The molecule has 2 unspecified atom stereocenters. The van der Waals surface area contributed by atoms with Crippen LogP contribution in [0.5, 0.6) is 0 Å². The van der Waals surface area contributed by atoms with Crippen LogP contribution in [0.3, 0.4) is 0 Å². The van der Waals surface area contributed by atoms with Crippen molar-refractivity contribution >= 4 is 16.9 Å².